The van der Waals surface area contributed by atoms with Crippen molar-refractivity contribution >= 4 is 11.7 Å². The number of carbonyl (C=O) groups is 1. The van der Waals surface area contributed by atoms with Crippen LogP contribution in [0, 0.1) is 0 Å². The number of hydrogen-bond acceptors (Lipinski definition) is 4. The Morgan fingerprint density at radius 3 is 2.80 bits per heavy atom. The van der Waals surface area contributed by atoms with Crippen molar-refractivity contribution in [2.24, 2.45) is 0 Å². The topological polar surface area (TPSA) is 91.7 Å². The highest BCUT2D eigenvalue weighted by molar-refractivity contribution is 5.89. The molecule has 2 N–H and O–H groups in total. The Bertz CT molecular complexity index is 811. The largest absolute Gasteiger partial charge is 0.324 e. The summed E-state index contributed by atoms with van der Waals surface area (Å²) in [4.78, 5) is 14.4. The van der Waals surface area contributed by atoms with Crippen molar-refractivity contribution in [3.05, 3.63) is 54.6 Å². The van der Waals surface area contributed by atoms with Crippen molar-refractivity contribution in [2.45, 2.75) is 18.8 Å². The third kappa shape index (κ3) is 3.37. The third-order valence-electron chi connectivity index (χ3n) is 4.48. The van der Waals surface area contributed by atoms with E-state index in [1.807, 2.05) is 35.2 Å². The van der Waals surface area contributed by atoms with Crippen LogP contribution in [0.15, 0.2) is 48.9 Å². The number of H-pyrrole nitrogens is 1. The highest BCUT2D eigenvalue weighted by atomic mass is 16.2. The lowest BCUT2D eigenvalue weighted by molar-refractivity contribution is 0.192. The number of amides is 2. The molecule has 128 valence electrons. The number of urea groups is 1. The quantitative estimate of drug-likeness (QED) is 0.768. The molecule has 1 saturated heterocycles. The molecule has 1 aliphatic heterocycles. The van der Waals surface area contributed by atoms with E-state index in [4.69, 9.17) is 0 Å². The fourth-order valence-electron chi connectivity index (χ4n) is 3.16. The lowest BCUT2D eigenvalue weighted by Gasteiger charge is -2.32. The summed E-state index contributed by atoms with van der Waals surface area (Å²) in [6, 6.07) is 9.44. The van der Waals surface area contributed by atoms with Crippen LogP contribution < -0.4 is 5.32 Å². The average Bonchev–Trinajstić information content (AvgIpc) is 3.36. The van der Waals surface area contributed by atoms with Gasteiger partial charge in [-0.3, -0.25) is 5.10 Å². The zero-order valence-electron chi connectivity index (χ0n) is 13.7. The van der Waals surface area contributed by atoms with E-state index in [-0.39, 0.29) is 6.03 Å². The lowest BCUT2D eigenvalue weighted by Crippen LogP contribution is -2.41. The predicted octanol–water partition coefficient (Wildman–Crippen LogP) is 2.40. The summed E-state index contributed by atoms with van der Waals surface area (Å²) in [7, 11) is 0. The Hall–Kier alpha value is -3.16. The van der Waals surface area contributed by atoms with Crippen molar-refractivity contribution in [1.29, 1.82) is 0 Å². The second-order valence-electron chi connectivity index (χ2n) is 6.12. The molecule has 0 bridgehead atoms. The van der Waals surface area contributed by atoms with Crippen molar-refractivity contribution in [3.63, 3.8) is 0 Å². The van der Waals surface area contributed by atoms with Gasteiger partial charge >= 0.3 is 6.03 Å². The van der Waals surface area contributed by atoms with Gasteiger partial charge in [0.2, 0.25) is 0 Å². The summed E-state index contributed by atoms with van der Waals surface area (Å²) in [5.74, 6) is 0.316. The van der Waals surface area contributed by atoms with E-state index >= 15 is 0 Å². The number of likely N-dealkylation sites (tertiary alicyclic amines) is 1. The summed E-state index contributed by atoms with van der Waals surface area (Å²) in [6.45, 7) is 1.47. The van der Waals surface area contributed by atoms with E-state index in [1.54, 1.807) is 23.3 Å². The standard InChI is InChI=1S/C17H19N7O/c25-17(23-10-1-2-13(12-23)16-7-8-18-21-16)20-14-3-5-15(6-4-14)24-11-9-19-22-24/h3-9,11,13H,1-2,10,12H2,(H,18,21)(H,20,25)/t13-/m1/s1. The first-order valence-electron chi connectivity index (χ1n) is 8.31. The normalized spacial score (nSPS) is 17.4. The second kappa shape index (κ2) is 6.76. The number of rotatable bonds is 3. The number of anilines is 1. The summed E-state index contributed by atoms with van der Waals surface area (Å²) < 4.78 is 1.67. The van der Waals surface area contributed by atoms with E-state index in [0.29, 0.717) is 12.5 Å². The molecule has 25 heavy (non-hydrogen) atoms. The molecule has 2 amide bonds. The van der Waals surface area contributed by atoms with Crippen LogP contribution in [0.4, 0.5) is 10.5 Å². The molecule has 8 nitrogen and oxygen atoms in total. The predicted molar refractivity (Wildman–Crippen MR) is 92.5 cm³/mol. The van der Waals surface area contributed by atoms with Gasteiger partial charge < -0.3 is 10.2 Å². The van der Waals surface area contributed by atoms with Crippen LogP contribution in [0.2, 0.25) is 0 Å². The molecule has 1 fully saturated rings. The van der Waals surface area contributed by atoms with Gasteiger partial charge in [-0.25, -0.2) is 9.48 Å². The molecule has 1 aromatic carbocycles. The minimum absolute atomic E-state index is 0.0716. The van der Waals surface area contributed by atoms with Crippen LogP contribution in [-0.4, -0.2) is 49.2 Å². The molecule has 1 aliphatic rings. The SMILES string of the molecule is O=C(Nc1ccc(-n2ccnn2)cc1)N1CCC[C@@H](c2ccn[nH]2)C1. The van der Waals surface area contributed by atoms with Crippen LogP contribution in [0.5, 0.6) is 0 Å². The number of benzene rings is 1. The average molecular weight is 337 g/mol. The van der Waals surface area contributed by atoms with Crippen molar-refractivity contribution in [3.8, 4) is 5.69 Å². The summed E-state index contributed by atoms with van der Waals surface area (Å²) >= 11 is 0. The van der Waals surface area contributed by atoms with Crippen LogP contribution >= 0.6 is 0 Å². The number of piperidine rings is 1. The Balaban J connectivity index is 1.39. The van der Waals surface area contributed by atoms with E-state index < -0.39 is 0 Å². The minimum Gasteiger partial charge on any atom is -0.324 e. The number of aromatic nitrogens is 5. The highest BCUT2D eigenvalue weighted by Crippen LogP contribution is 2.25. The number of hydrogen-bond donors (Lipinski definition) is 2. The minimum atomic E-state index is -0.0716. The van der Waals surface area contributed by atoms with Crippen molar-refractivity contribution in [2.75, 3.05) is 18.4 Å². The molecular weight excluding hydrogens is 318 g/mol. The van der Waals surface area contributed by atoms with E-state index in [9.17, 15) is 4.79 Å². The maximum absolute atomic E-state index is 12.6. The lowest BCUT2D eigenvalue weighted by atomic mass is 9.95. The zero-order valence-corrected chi connectivity index (χ0v) is 13.7. The third-order valence-corrected chi connectivity index (χ3v) is 4.48. The van der Waals surface area contributed by atoms with Gasteiger partial charge in [0.15, 0.2) is 0 Å². The van der Waals surface area contributed by atoms with Gasteiger partial charge in [0.1, 0.15) is 0 Å². The fraction of sp³-hybridized carbons (Fsp3) is 0.294. The molecule has 0 spiro atoms. The van der Waals surface area contributed by atoms with E-state index in [0.717, 1.165) is 36.5 Å². The molecule has 0 radical (unpaired) electrons. The van der Waals surface area contributed by atoms with Gasteiger partial charge in [-0.1, -0.05) is 5.21 Å². The maximum Gasteiger partial charge on any atom is 0.321 e. The molecule has 4 rings (SSSR count). The summed E-state index contributed by atoms with van der Waals surface area (Å²) in [5.41, 5.74) is 2.75. The molecule has 2 aromatic heterocycles. The van der Waals surface area contributed by atoms with Gasteiger partial charge in [0, 0.05) is 36.6 Å². The summed E-state index contributed by atoms with van der Waals surface area (Å²) in [5, 5.41) is 17.7. The van der Waals surface area contributed by atoms with Gasteiger partial charge in [-0.2, -0.15) is 5.10 Å². The van der Waals surface area contributed by atoms with Gasteiger partial charge in [0.05, 0.1) is 18.1 Å². The first-order valence-corrected chi connectivity index (χ1v) is 8.31. The van der Waals surface area contributed by atoms with Crippen LogP contribution in [0.3, 0.4) is 0 Å². The smallest absolute Gasteiger partial charge is 0.321 e. The van der Waals surface area contributed by atoms with Gasteiger partial charge in [0.25, 0.3) is 0 Å². The molecule has 0 unspecified atom stereocenters. The van der Waals surface area contributed by atoms with Gasteiger partial charge in [-0.05, 0) is 43.2 Å². The van der Waals surface area contributed by atoms with Crippen molar-refractivity contribution < 1.29 is 4.79 Å². The summed E-state index contributed by atoms with van der Waals surface area (Å²) in [6.07, 6.45) is 7.21. The van der Waals surface area contributed by atoms with Crippen molar-refractivity contribution in [1.82, 2.24) is 30.1 Å². The van der Waals surface area contributed by atoms with Crippen LogP contribution in [0.25, 0.3) is 5.69 Å². The Labute approximate surface area is 144 Å². The van der Waals surface area contributed by atoms with E-state index in [2.05, 4.69) is 25.8 Å². The molecule has 0 aliphatic carbocycles. The zero-order chi connectivity index (χ0) is 17.1. The maximum atomic E-state index is 12.6. The number of carbonyl (C=O) groups excluding carboxylic acids is 1. The Kier molecular flexibility index (Phi) is 4.16. The molecule has 1 atom stereocenters. The first-order chi connectivity index (χ1) is 12.3. The highest BCUT2D eigenvalue weighted by Gasteiger charge is 2.25. The van der Waals surface area contributed by atoms with Gasteiger partial charge in [-0.15, -0.1) is 5.10 Å². The number of nitrogens with zero attached hydrogens (tertiary/aromatic N) is 5. The Morgan fingerprint density at radius 1 is 1.20 bits per heavy atom. The van der Waals surface area contributed by atoms with Crippen LogP contribution in [0.1, 0.15) is 24.5 Å². The number of nitrogens with one attached hydrogen (secondary N) is 2. The van der Waals surface area contributed by atoms with E-state index in [1.165, 1.54) is 0 Å². The Morgan fingerprint density at radius 2 is 2.08 bits per heavy atom. The fourth-order valence-corrected chi connectivity index (χ4v) is 3.16. The van der Waals surface area contributed by atoms with Crippen LogP contribution in [-0.2, 0) is 0 Å². The molecule has 8 heteroatoms. The molecule has 0 saturated carbocycles. The first kappa shape index (κ1) is 15.4. The molecule has 3 aromatic rings. The monoisotopic (exact) mass is 337 g/mol. The molecular formula is C17H19N7O. The molecule has 3 heterocycles. The second-order valence-corrected chi connectivity index (χ2v) is 6.12. The number of aromatic amines is 1.